The standard InChI is InChI=1S/C13H19N3O3/c1-13(2,3)19-12(18)16-8-11(17)9(7-15(4)5)10(16)6-14/h7,10H,8H2,1-5H3/b9-7-. The summed E-state index contributed by atoms with van der Waals surface area (Å²) in [6.45, 7) is 5.09. The van der Waals surface area contributed by atoms with Crippen molar-refractivity contribution in [2.75, 3.05) is 20.6 Å². The molecule has 0 aliphatic carbocycles. The highest BCUT2D eigenvalue weighted by atomic mass is 16.6. The summed E-state index contributed by atoms with van der Waals surface area (Å²) in [5.41, 5.74) is -0.341. The lowest BCUT2D eigenvalue weighted by Gasteiger charge is -2.25. The fourth-order valence-corrected chi connectivity index (χ4v) is 1.71. The minimum Gasteiger partial charge on any atom is -0.444 e. The average molecular weight is 265 g/mol. The van der Waals surface area contributed by atoms with Gasteiger partial charge in [-0.1, -0.05) is 0 Å². The van der Waals surface area contributed by atoms with Crippen molar-refractivity contribution in [1.82, 2.24) is 9.80 Å². The molecule has 1 heterocycles. The van der Waals surface area contributed by atoms with Crippen LogP contribution in [0.4, 0.5) is 4.79 Å². The molecule has 1 saturated heterocycles. The molecule has 0 aromatic rings. The highest BCUT2D eigenvalue weighted by Crippen LogP contribution is 2.23. The molecule has 1 aliphatic rings. The van der Waals surface area contributed by atoms with Gasteiger partial charge in [0.1, 0.15) is 5.60 Å². The van der Waals surface area contributed by atoms with Crippen LogP contribution in [-0.4, -0.2) is 54.0 Å². The highest BCUT2D eigenvalue weighted by Gasteiger charge is 2.41. The zero-order valence-electron chi connectivity index (χ0n) is 11.9. The van der Waals surface area contributed by atoms with Gasteiger partial charge in [-0.15, -0.1) is 0 Å². The van der Waals surface area contributed by atoms with Crippen molar-refractivity contribution in [2.45, 2.75) is 32.4 Å². The van der Waals surface area contributed by atoms with Crippen LogP contribution >= 0.6 is 0 Å². The van der Waals surface area contributed by atoms with Crippen molar-refractivity contribution in [1.29, 1.82) is 5.26 Å². The minimum atomic E-state index is -0.884. The quantitative estimate of drug-likeness (QED) is 0.665. The van der Waals surface area contributed by atoms with Crippen LogP contribution in [-0.2, 0) is 9.53 Å². The predicted molar refractivity (Wildman–Crippen MR) is 69.1 cm³/mol. The van der Waals surface area contributed by atoms with Gasteiger partial charge < -0.3 is 9.64 Å². The molecule has 6 nitrogen and oxygen atoms in total. The monoisotopic (exact) mass is 265 g/mol. The minimum absolute atomic E-state index is 0.118. The second-order valence-corrected chi connectivity index (χ2v) is 5.61. The zero-order valence-corrected chi connectivity index (χ0v) is 11.9. The number of Topliss-reactive ketones (excluding diaryl/α,β-unsaturated/α-hetero) is 1. The molecule has 0 radical (unpaired) electrons. The third-order valence-electron chi connectivity index (χ3n) is 2.39. The molecule has 1 atom stereocenters. The maximum Gasteiger partial charge on any atom is 0.412 e. The van der Waals surface area contributed by atoms with Crippen molar-refractivity contribution in [3.05, 3.63) is 11.8 Å². The van der Waals surface area contributed by atoms with Crippen LogP contribution in [0.1, 0.15) is 20.8 Å². The lowest BCUT2D eigenvalue weighted by atomic mass is 10.1. The molecule has 0 aromatic carbocycles. The third kappa shape index (κ3) is 3.71. The van der Waals surface area contributed by atoms with Gasteiger partial charge in [0.15, 0.2) is 11.8 Å². The van der Waals surface area contributed by atoms with Crippen molar-refractivity contribution in [2.24, 2.45) is 0 Å². The van der Waals surface area contributed by atoms with Gasteiger partial charge in [0.2, 0.25) is 0 Å². The largest absolute Gasteiger partial charge is 0.444 e. The van der Waals surface area contributed by atoms with Gasteiger partial charge in [-0.25, -0.2) is 4.79 Å². The van der Waals surface area contributed by atoms with Gasteiger partial charge in [-0.05, 0) is 20.8 Å². The first-order valence-corrected chi connectivity index (χ1v) is 5.96. The van der Waals surface area contributed by atoms with Crippen LogP contribution in [0.3, 0.4) is 0 Å². The second kappa shape index (κ2) is 5.31. The number of nitrogens with zero attached hydrogens (tertiary/aromatic N) is 3. The molecular weight excluding hydrogens is 246 g/mol. The van der Waals surface area contributed by atoms with Gasteiger partial charge in [-0.2, -0.15) is 5.26 Å². The van der Waals surface area contributed by atoms with Crippen LogP contribution < -0.4 is 0 Å². The number of hydrogen-bond acceptors (Lipinski definition) is 5. The van der Waals surface area contributed by atoms with Crippen molar-refractivity contribution in [3.63, 3.8) is 0 Å². The van der Waals surface area contributed by atoms with E-state index in [9.17, 15) is 14.9 Å². The molecule has 0 bridgehead atoms. The van der Waals surface area contributed by atoms with Crippen LogP contribution in [0.5, 0.6) is 0 Å². The fourth-order valence-electron chi connectivity index (χ4n) is 1.71. The molecule has 1 fully saturated rings. The summed E-state index contributed by atoms with van der Waals surface area (Å²) in [6, 6.07) is 1.09. The first kappa shape index (κ1) is 15.0. The van der Waals surface area contributed by atoms with E-state index in [-0.39, 0.29) is 12.3 Å². The van der Waals surface area contributed by atoms with Crippen LogP contribution in [0.2, 0.25) is 0 Å². The van der Waals surface area contributed by atoms with Crippen molar-refractivity contribution >= 4 is 11.9 Å². The first-order valence-electron chi connectivity index (χ1n) is 5.96. The fraction of sp³-hybridized carbons (Fsp3) is 0.615. The van der Waals surface area contributed by atoms with E-state index in [1.165, 1.54) is 0 Å². The Kier molecular flexibility index (Phi) is 4.20. The van der Waals surface area contributed by atoms with Gasteiger partial charge >= 0.3 is 6.09 Å². The van der Waals surface area contributed by atoms with Gasteiger partial charge in [0.25, 0.3) is 0 Å². The molecule has 0 saturated carbocycles. The molecule has 1 unspecified atom stereocenters. The Morgan fingerprint density at radius 1 is 1.53 bits per heavy atom. The number of rotatable bonds is 1. The van der Waals surface area contributed by atoms with E-state index in [1.807, 2.05) is 6.07 Å². The van der Waals surface area contributed by atoms with Gasteiger partial charge in [-0.3, -0.25) is 9.69 Å². The Morgan fingerprint density at radius 2 is 2.11 bits per heavy atom. The average Bonchev–Trinajstić information content (AvgIpc) is 2.53. The number of amides is 1. The first-order chi connectivity index (χ1) is 8.65. The van der Waals surface area contributed by atoms with E-state index in [1.54, 1.807) is 46.0 Å². The molecule has 6 heteroatoms. The maximum absolute atomic E-state index is 12.0. The number of carbonyl (C=O) groups excluding carboxylic acids is 2. The smallest absolute Gasteiger partial charge is 0.412 e. The second-order valence-electron chi connectivity index (χ2n) is 5.61. The molecule has 104 valence electrons. The van der Waals surface area contributed by atoms with Crippen LogP contribution in [0.25, 0.3) is 0 Å². The molecule has 1 rings (SSSR count). The number of hydrogen-bond donors (Lipinski definition) is 0. The van der Waals surface area contributed by atoms with E-state index in [0.29, 0.717) is 5.57 Å². The van der Waals surface area contributed by atoms with E-state index < -0.39 is 17.7 Å². The lowest BCUT2D eigenvalue weighted by Crippen LogP contribution is -2.39. The number of ether oxygens (including phenoxy) is 1. The van der Waals surface area contributed by atoms with Crippen LogP contribution in [0.15, 0.2) is 11.8 Å². The van der Waals surface area contributed by atoms with E-state index >= 15 is 0 Å². The number of nitriles is 1. The van der Waals surface area contributed by atoms with E-state index in [4.69, 9.17) is 4.74 Å². The summed E-state index contributed by atoms with van der Waals surface area (Å²) < 4.78 is 5.20. The number of ketones is 1. The molecule has 0 spiro atoms. The van der Waals surface area contributed by atoms with Gasteiger partial charge in [0, 0.05) is 25.9 Å². The summed E-state index contributed by atoms with van der Waals surface area (Å²) >= 11 is 0. The molecule has 0 aromatic heterocycles. The topological polar surface area (TPSA) is 73.6 Å². The molecule has 0 N–H and O–H groups in total. The zero-order chi connectivity index (χ0) is 14.8. The Labute approximate surface area is 113 Å². The molecule has 19 heavy (non-hydrogen) atoms. The Morgan fingerprint density at radius 3 is 2.53 bits per heavy atom. The maximum atomic E-state index is 12.0. The van der Waals surface area contributed by atoms with Crippen LogP contribution in [0, 0.1) is 11.3 Å². The highest BCUT2D eigenvalue weighted by molar-refractivity contribution is 6.03. The van der Waals surface area contributed by atoms with E-state index in [0.717, 1.165) is 4.90 Å². The third-order valence-corrected chi connectivity index (χ3v) is 2.39. The summed E-state index contributed by atoms with van der Waals surface area (Å²) in [5.74, 6) is -0.230. The summed E-state index contributed by atoms with van der Waals surface area (Å²) in [6.07, 6.45) is 0.926. The normalized spacial score (nSPS) is 21.5. The number of likely N-dealkylation sites (tertiary alicyclic amines) is 1. The van der Waals surface area contributed by atoms with Crippen molar-refractivity contribution < 1.29 is 14.3 Å². The molecular formula is C13H19N3O3. The Balaban J connectivity index is 2.97. The molecule has 1 amide bonds. The lowest BCUT2D eigenvalue weighted by molar-refractivity contribution is -0.114. The Hall–Kier alpha value is -2.03. The van der Waals surface area contributed by atoms with E-state index in [2.05, 4.69) is 0 Å². The Bertz CT molecular complexity index is 455. The summed E-state index contributed by atoms with van der Waals surface area (Å²) in [4.78, 5) is 26.7. The summed E-state index contributed by atoms with van der Waals surface area (Å²) in [7, 11) is 3.51. The predicted octanol–water partition coefficient (Wildman–Crippen LogP) is 1.14. The summed E-state index contributed by atoms with van der Waals surface area (Å²) in [5, 5.41) is 9.17. The van der Waals surface area contributed by atoms with Crippen molar-refractivity contribution in [3.8, 4) is 6.07 Å². The molecule has 1 aliphatic heterocycles. The SMILES string of the molecule is CN(C)/C=C1\C(=O)CN(C(=O)OC(C)(C)C)C1C#N. The number of carbonyl (C=O) groups is 2. The van der Waals surface area contributed by atoms with Gasteiger partial charge in [0.05, 0.1) is 12.6 Å².